The van der Waals surface area contributed by atoms with E-state index in [-0.39, 0.29) is 5.91 Å². The Bertz CT molecular complexity index is 915. The molecule has 1 saturated carbocycles. The van der Waals surface area contributed by atoms with Crippen molar-refractivity contribution in [3.8, 4) is 0 Å². The van der Waals surface area contributed by atoms with E-state index >= 15 is 0 Å². The predicted octanol–water partition coefficient (Wildman–Crippen LogP) is 5.42. The molecule has 0 bridgehead atoms. The van der Waals surface area contributed by atoms with Crippen molar-refractivity contribution in [2.45, 2.75) is 58.9 Å². The first kappa shape index (κ1) is 17.8. The number of hydrogen-bond donors (Lipinski definition) is 0. The van der Waals surface area contributed by atoms with E-state index in [2.05, 4.69) is 29.6 Å². The number of carbonyl (C=O) groups is 1. The van der Waals surface area contributed by atoms with Crippen LogP contribution < -0.4 is 5.01 Å². The Morgan fingerprint density at radius 3 is 2.44 bits per heavy atom. The minimum absolute atomic E-state index is 0.0545. The Morgan fingerprint density at radius 2 is 1.74 bits per heavy atom. The van der Waals surface area contributed by atoms with Crippen LogP contribution in [0.3, 0.4) is 0 Å². The lowest BCUT2D eigenvalue weighted by molar-refractivity contribution is -0.114. The van der Waals surface area contributed by atoms with Crippen LogP contribution in [0.1, 0.15) is 62.0 Å². The van der Waals surface area contributed by atoms with E-state index in [9.17, 15) is 4.79 Å². The molecule has 0 atom stereocenters. The van der Waals surface area contributed by atoms with Gasteiger partial charge in [-0.2, -0.15) is 10.1 Å². The molecule has 1 aromatic carbocycles. The first-order chi connectivity index (χ1) is 13.1. The molecule has 2 heterocycles. The van der Waals surface area contributed by atoms with Crippen molar-refractivity contribution in [1.82, 2.24) is 4.57 Å². The third-order valence-corrected chi connectivity index (χ3v) is 5.83. The van der Waals surface area contributed by atoms with Crippen molar-refractivity contribution in [1.29, 1.82) is 0 Å². The smallest absolute Gasteiger partial charge is 0.280 e. The monoisotopic (exact) mass is 361 g/mol. The lowest BCUT2D eigenvalue weighted by Gasteiger charge is -2.26. The first-order valence-electron chi connectivity index (χ1n) is 9.91. The molecule has 4 heteroatoms. The summed E-state index contributed by atoms with van der Waals surface area (Å²) in [5.74, 6) is -0.0545. The van der Waals surface area contributed by atoms with Gasteiger partial charge < -0.3 is 4.57 Å². The van der Waals surface area contributed by atoms with E-state index in [1.165, 1.54) is 48.5 Å². The second-order valence-corrected chi connectivity index (χ2v) is 7.68. The van der Waals surface area contributed by atoms with Crippen LogP contribution in [0.4, 0.5) is 5.69 Å². The number of carbonyl (C=O) groups excluding carboxylic acids is 1. The van der Waals surface area contributed by atoms with Crippen LogP contribution >= 0.6 is 0 Å². The fourth-order valence-electron chi connectivity index (χ4n) is 4.43. The van der Waals surface area contributed by atoms with Crippen LogP contribution in [0.25, 0.3) is 6.08 Å². The first-order valence-corrected chi connectivity index (χ1v) is 9.91. The summed E-state index contributed by atoms with van der Waals surface area (Å²) in [6.07, 6.45) is 8.52. The molecule has 1 aliphatic heterocycles. The van der Waals surface area contributed by atoms with E-state index < -0.39 is 0 Å². The number of para-hydroxylation sites is 1. The van der Waals surface area contributed by atoms with E-state index in [1.807, 2.05) is 43.3 Å². The Kier molecular flexibility index (Phi) is 4.73. The van der Waals surface area contributed by atoms with Gasteiger partial charge in [0.05, 0.1) is 17.0 Å². The van der Waals surface area contributed by atoms with Crippen molar-refractivity contribution in [3.05, 3.63) is 58.9 Å². The molecule has 140 valence electrons. The number of rotatable bonds is 3. The van der Waals surface area contributed by atoms with Crippen molar-refractivity contribution in [2.75, 3.05) is 5.01 Å². The van der Waals surface area contributed by atoms with Crippen LogP contribution in [0, 0.1) is 13.8 Å². The minimum Gasteiger partial charge on any atom is -0.346 e. The summed E-state index contributed by atoms with van der Waals surface area (Å²) in [4.78, 5) is 13.0. The van der Waals surface area contributed by atoms with Gasteiger partial charge in [0, 0.05) is 17.4 Å². The second-order valence-electron chi connectivity index (χ2n) is 7.68. The van der Waals surface area contributed by atoms with Crippen molar-refractivity contribution in [3.63, 3.8) is 0 Å². The second kappa shape index (κ2) is 7.18. The third kappa shape index (κ3) is 3.25. The van der Waals surface area contributed by atoms with Gasteiger partial charge in [0.25, 0.3) is 5.91 Å². The number of anilines is 1. The predicted molar refractivity (Wildman–Crippen MR) is 111 cm³/mol. The van der Waals surface area contributed by atoms with Crippen LogP contribution in [0.5, 0.6) is 0 Å². The number of aromatic nitrogens is 1. The van der Waals surface area contributed by atoms with E-state index in [1.54, 1.807) is 0 Å². The average molecular weight is 361 g/mol. The number of benzene rings is 1. The maximum absolute atomic E-state index is 13.0. The highest BCUT2D eigenvalue weighted by atomic mass is 16.2. The maximum atomic E-state index is 13.0. The van der Waals surface area contributed by atoms with Gasteiger partial charge in [-0.3, -0.25) is 4.79 Å². The van der Waals surface area contributed by atoms with Gasteiger partial charge in [0.15, 0.2) is 0 Å². The van der Waals surface area contributed by atoms with Crippen molar-refractivity contribution < 1.29 is 4.79 Å². The van der Waals surface area contributed by atoms with Crippen LogP contribution in [-0.2, 0) is 4.79 Å². The summed E-state index contributed by atoms with van der Waals surface area (Å²) in [6, 6.07) is 12.4. The van der Waals surface area contributed by atoms with Crippen molar-refractivity contribution >= 4 is 23.4 Å². The third-order valence-electron chi connectivity index (χ3n) is 5.83. The largest absolute Gasteiger partial charge is 0.346 e. The molecular weight excluding hydrogens is 334 g/mol. The molecule has 0 spiro atoms. The topological polar surface area (TPSA) is 37.6 Å². The molecule has 1 fully saturated rings. The summed E-state index contributed by atoms with van der Waals surface area (Å²) in [6.45, 7) is 6.26. The Hall–Kier alpha value is -2.62. The maximum Gasteiger partial charge on any atom is 0.280 e. The molecule has 4 nitrogen and oxygen atoms in total. The molecule has 0 unspecified atom stereocenters. The SMILES string of the molecule is CC1=NN(c2ccccc2)C(=O)C1=Cc1cc(C)n(C2CCCCC2)c1C. The fourth-order valence-corrected chi connectivity index (χ4v) is 4.43. The standard InChI is InChI=1S/C23H27N3O/c1-16-14-19(18(3)25(16)20-10-6-4-7-11-20)15-22-17(2)24-26(23(22)27)21-12-8-5-9-13-21/h5,8-9,12-15,20H,4,6-7,10-11H2,1-3H3. The van der Waals surface area contributed by atoms with Gasteiger partial charge >= 0.3 is 0 Å². The number of aryl methyl sites for hydroxylation is 1. The molecule has 27 heavy (non-hydrogen) atoms. The van der Waals surface area contributed by atoms with E-state index in [0.717, 1.165) is 17.0 Å². The zero-order valence-electron chi connectivity index (χ0n) is 16.4. The minimum atomic E-state index is -0.0545. The summed E-state index contributed by atoms with van der Waals surface area (Å²) in [5.41, 5.74) is 5.93. The zero-order valence-corrected chi connectivity index (χ0v) is 16.4. The Labute approximate surface area is 161 Å². The molecular formula is C23H27N3O. The molecule has 1 aliphatic carbocycles. The normalized spacial score (nSPS) is 19.8. The van der Waals surface area contributed by atoms with Crippen LogP contribution in [0.15, 0.2) is 47.1 Å². The highest BCUT2D eigenvalue weighted by molar-refractivity contribution is 6.32. The zero-order chi connectivity index (χ0) is 19.0. The number of nitrogens with zero attached hydrogens (tertiary/aromatic N) is 3. The molecule has 0 N–H and O–H groups in total. The number of hydrazone groups is 1. The van der Waals surface area contributed by atoms with E-state index in [0.29, 0.717) is 11.6 Å². The van der Waals surface area contributed by atoms with Gasteiger partial charge in [-0.25, -0.2) is 0 Å². The highest BCUT2D eigenvalue weighted by Crippen LogP contribution is 2.33. The summed E-state index contributed by atoms with van der Waals surface area (Å²) in [5, 5.41) is 5.99. The molecule has 0 saturated heterocycles. The molecule has 0 radical (unpaired) electrons. The Balaban J connectivity index is 1.66. The quantitative estimate of drug-likeness (QED) is 0.673. The van der Waals surface area contributed by atoms with Crippen LogP contribution in [-0.4, -0.2) is 16.2 Å². The molecule has 2 aromatic rings. The van der Waals surface area contributed by atoms with E-state index in [4.69, 9.17) is 0 Å². The molecule has 4 rings (SSSR count). The summed E-state index contributed by atoms with van der Waals surface area (Å²) >= 11 is 0. The van der Waals surface area contributed by atoms with Gasteiger partial charge in [-0.1, -0.05) is 37.5 Å². The summed E-state index contributed by atoms with van der Waals surface area (Å²) in [7, 11) is 0. The molecule has 2 aliphatic rings. The summed E-state index contributed by atoms with van der Waals surface area (Å²) < 4.78 is 2.48. The average Bonchev–Trinajstić information content (AvgIpc) is 3.13. The highest BCUT2D eigenvalue weighted by Gasteiger charge is 2.29. The number of hydrogen-bond acceptors (Lipinski definition) is 2. The fraction of sp³-hybridized carbons (Fsp3) is 0.391. The van der Waals surface area contributed by atoms with Crippen molar-refractivity contribution in [2.24, 2.45) is 5.10 Å². The van der Waals surface area contributed by atoms with Gasteiger partial charge in [-0.15, -0.1) is 0 Å². The van der Waals surface area contributed by atoms with Gasteiger partial charge in [-0.05, 0) is 63.5 Å². The van der Waals surface area contributed by atoms with Gasteiger partial charge in [0.1, 0.15) is 0 Å². The number of amides is 1. The molecule has 1 amide bonds. The lowest BCUT2D eigenvalue weighted by Crippen LogP contribution is -2.21. The van der Waals surface area contributed by atoms with Crippen LogP contribution in [0.2, 0.25) is 0 Å². The lowest BCUT2D eigenvalue weighted by atomic mass is 9.95. The van der Waals surface area contributed by atoms with Gasteiger partial charge in [0.2, 0.25) is 0 Å². The Morgan fingerprint density at radius 1 is 1.04 bits per heavy atom. The molecule has 1 aromatic heterocycles.